The van der Waals surface area contributed by atoms with Crippen LogP contribution in [0.3, 0.4) is 0 Å². The Morgan fingerprint density at radius 1 is 1.18 bits per heavy atom. The molecule has 15 heteroatoms. The van der Waals surface area contributed by atoms with E-state index in [0.29, 0.717) is 13.1 Å². The van der Waals surface area contributed by atoms with Gasteiger partial charge in [-0.15, -0.1) is 0 Å². The van der Waals surface area contributed by atoms with Crippen molar-refractivity contribution in [3.05, 3.63) is 47.8 Å². The number of rotatable bonds is 6. The van der Waals surface area contributed by atoms with Gasteiger partial charge in [0.1, 0.15) is 11.0 Å². The molecule has 2 aliphatic heterocycles. The molecule has 1 aromatic carbocycles. The smallest absolute Gasteiger partial charge is 0.417 e. The lowest BCUT2D eigenvalue weighted by molar-refractivity contribution is -0.272. The van der Waals surface area contributed by atoms with E-state index in [0.717, 1.165) is 44.6 Å². The summed E-state index contributed by atoms with van der Waals surface area (Å²) in [6.07, 6.45) is -4.52. The van der Waals surface area contributed by atoms with Gasteiger partial charge in [-0.1, -0.05) is 13.0 Å². The second-order valence-corrected chi connectivity index (χ2v) is 12.0. The number of carbonyl (C=O) groups excluding carboxylic acids is 1. The molecule has 220 valence electrons. The maximum atomic E-state index is 14.5. The van der Waals surface area contributed by atoms with E-state index in [1.807, 2.05) is 11.9 Å². The number of hydrogen-bond acceptors (Lipinski definition) is 7. The normalized spacial score (nSPS) is 26.6. The number of carbonyl (C=O) groups is 1. The number of halogens is 5. The number of ether oxygens (including phenoxy) is 2. The van der Waals surface area contributed by atoms with Crippen LogP contribution in [0.15, 0.2) is 35.5 Å². The number of aromatic nitrogens is 1. The molecule has 1 aromatic heterocycles. The molecule has 0 aliphatic carbocycles. The molecule has 0 saturated carbocycles. The zero-order valence-electron chi connectivity index (χ0n) is 22.1. The molecule has 2 saturated heterocycles. The van der Waals surface area contributed by atoms with Crippen LogP contribution in [0.1, 0.15) is 25.3 Å². The van der Waals surface area contributed by atoms with Gasteiger partial charge in [-0.3, -0.25) is 9.78 Å². The predicted octanol–water partition coefficient (Wildman–Crippen LogP) is 3.38. The number of benzene rings is 1. The molecule has 0 spiro atoms. The van der Waals surface area contributed by atoms with Crippen LogP contribution in [0, 0.1) is 17.6 Å². The monoisotopic (exact) mass is 592 g/mol. The van der Waals surface area contributed by atoms with Crippen LogP contribution in [0.25, 0.3) is 0 Å². The molecule has 9 nitrogen and oxygen atoms in total. The third-order valence-corrected chi connectivity index (χ3v) is 9.52. The van der Waals surface area contributed by atoms with Crippen molar-refractivity contribution in [2.24, 2.45) is 5.92 Å². The van der Waals surface area contributed by atoms with Crippen LogP contribution < -0.4 is 10.1 Å². The Hall–Kier alpha value is -2.88. The van der Waals surface area contributed by atoms with Crippen molar-refractivity contribution in [2.75, 3.05) is 45.7 Å². The summed E-state index contributed by atoms with van der Waals surface area (Å²) in [4.78, 5) is 19.0. The van der Waals surface area contributed by atoms with Crippen molar-refractivity contribution in [3.63, 3.8) is 0 Å². The van der Waals surface area contributed by atoms with Gasteiger partial charge < -0.3 is 19.7 Å². The number of methoxy groups -OCH3 is 1. The molecule has 2 aliphatic rings. The van der Waals surface area contributed by atoms with E-state index in [-0.39, 0.29) is 29.2 Å². The average molecular weight is 593 g/mol. The minimum atomic E-state index is -4.93. The third kappa shape index (κ3) is 5.27. The molecule has 2 aromatic rings. The molecule has 4 atom stereocenters. The molecule has 0 unspecified atom stereocenters. The number of amides is 1. The van der Waals surface area contributed by atoms with E-state index in [2.05, 4.69) is 10.3 Å². The zero-order valence-corrected chi connectivity index (χ0v) is 22.9. The van der Waals surface area contributed by atoms with Crippen molar-refractivity contribution in [1.29, 1.82) is 0 Å². The lowest BCUT2D eigenvalue weighted by Crippen LogP contribution is -2.47. The van der Waals surface area contributed by atoms with Crippen LogP contribution >= 0.6 is 0 Å². The Kier molecular flexibility index (Phi) is 8.15. The predicted molar refractivity (Wildman–Crippen MR) is 133 cm³/mol. The van der Waals surface area contributed by atoms with Crippen molar-refractivity contribution < 1.29 is 44.6 Å². The summed E-state index contributed by atoms with van der Waals surface area (Å²) in [5, 5.41) is 2.39. The molecule has 3 heterocycles. The largest absolute Gasteiger partial charge is 0.493 e. The van der Waals surface area contributed by atoms with E-state index in [1.165, 1.54) is 11.2 Å². The maximum Gasteiger partial charge on any atom is 0.417 e. The van der Waals surface area contributed by atoms with Crippen molar-refractivity contribution >= 4 is 21.6 Å². The zero-order chi connectivity index (χ0) is 29.6. The number of sulfonamides is 1. The molecule has 1 N–H and O–H groups in total. The average Bonchev–Trinajstić information content (AvgIpc) is 3.17. The molecular weight excluding hydrogens is 563 g/mol. The molecule has 0 radical (unpaired) electrons. The highest BCUT2D eigenvalue weighted by Crippen LogP contribution is 2.55. The number of likely N-dealkylation sites (N-methyl/N-ethyl adjacent to an activating group) is 1. The van der Waals surface area contributed by atoms with Crippen LogP contribution in [-0.4, -0.2) is 86.7 Å². The first-order valence-corrected chi connectivity index (χ1v) is 13.8. The quantitative estimate of drug-likeness (QED) is 0.514. The summed E-state index contributed by atoms with van der Waals surface area (Å²) < 4.78 is 109. The Morgan fingerprint density at radius 3 is 2.42 bits per heavy atom. The first kappa shape index (κ1) is 30.1. The fourth-order valence-corrected chi connectivity index (χ4v) is 6.47. The van der Waals surface area contributed by atoms with Crippen LogP contribution in [0.4, 0.5) is 27.6 Å². The molecule has 1 amide bonds. The Labute approximate surface area is 228 Å². The van der Waals surface area contributed by atoms with E-state index in [4.69, 9.17) is 9.47 Å². The number of hydrogen-bond donors (Lipinski definition) is 1. The second-order valence-electron chi connectivity index (χ2n) is 10.0. The minimum Gasteiger partial charge on any atom is -0.493 e. The standard InChI is InChI=1S/C25H29F5N4O5S/c1-14-19(17-5-6-18(26)20(27)21(17)38-4)22(39-24(14,2)25(28,29)30)23(35)32-15-11-16(13-31-12-15)40(36,37)34-9-7-33(3)8-10-34/h5-6,11-14,19,22H,7-10H2,1-4H3,(H,32,35)/t14-,19-,22+,24+/m0/s1. The molecule has 40 heavy (non-hydrogen) atoms. The van der Waals surface area contributed by atoms with Gasteiger partial charge in [0.05, 0.1) is 19.0 Å². The summed E-state index contributed by atoms with van der Waals surface area (Å²) in [6, 6.07) is 2.93. The first-order chi connectivity index (χ1) is 18.6. The van der Waals surface area contributed by atoms with Gasteiger partial charge in [0.15, 0.2) is 17.2 Å². The summed E-state index contributed by atoms with van der Waals surface area (Å²) >= 11 is 0. The lowest BCUT2D eigenvalue weighted by atomic mass is 9.77. The van der Waals surface area contributed by atoms with Gasteiger partial charge >= 0.3 is 6.18 Å². The fraction of sp³-hybridized carbons (Fsp3) is 0.520. The number of pyridine rings is 1. The SMILES string of the molecule is COc1c([C@H]2[C@H](C(=O)Nc3cncc(S(=O)(=O)N4CCN(C)CC4)c3)O[C@@](C)(C(F)(F)F)[C@H]2C)ccc(F)c1F. The van der Waals surface area contributed by atoms with E-state index < -0.39 is 63.0 Å². The Balaban J connectivity index is 1.68. The van der Waals surface area contributed by atoms with Gasteiger partial charge in [0, 0.05) is 49.8 Å². The molecule has 4 rings (SSSR count). The van der Waals surface area contributed by atoms with Crippen molar-refractivity contribution in [2.45, 2.75) is 42.5 Å². The maximum absolute atomic E-state index is 14.5. The highest BCUT2D eigenvalue weighted by Gasteiger charge is 2.66. The van der Waals surface area contributed by atoms with E-state index in [9.17, 15) is 35.2 Å². The number of alkyl halides is 3. The summed E-state index contributed by atoms with van der Waals surface area (Å²) in [5.74, 6) is -7.26. The number of piperazine rings is 1. The van der Waals surface area contributed by atoms with Gasteiger partial charge in [-0.05, 0) is 26.1 Å². The van der Waals surface area contributed by atoms with Crippen LogP contribution in [0.2, 0.25) is 0 Å². The van der Waals surface area contributed by atoms with E-state index >= 15 is 0 Å². The lowest BCUT2D eigenvalue weighted by Gasteiger charge is -2.32. The topological polar surface area (TPSA) is 101 Å². The van der Waals surface area contributed by atoms with Gasteiger partial charge in [0.2, 0.25) is 15.8 Å². The summed E-state index contributed by atoms with van der Waals surface area (Å²) in [7, 11) is -1.07. The van der Waals surface area contributed by atoms with Gasteiger partial charge in [0.25, 0.3) is 5.91 Å². The van der Waals surface area contributed by atoms with Crippen molar-refractivity contribution in [3.8, 4) is 5.75 Å². The number of nitrogens with one attached hydrogen (secondary N) is 1. The fourth-order valence-electron chi connectivity index (χ4n) is 5.06. The second kappa shape index (κ2) is 10.8. The highest BCUT2D eigenvalue weighted by atomic mass is 32.2. The minimum absolute atomic E-state index is 0.104. The number of nitrogens with zero attached hydrogens (tertiary/aromatic N) is 3. The van der Waals surface area contributed by atoms with Gasteiger partial charge in [-0.2, -0.15) is 21.9 Å². The Bertz CT molecular complexity index is 1380. The highest BCUT2D eigenvalue weighted by molar-refractivity contribution is 7.89. The summed E-state index contributed by atoms with van der Waals surface area (Å²) in [6.45, 7) is 3.50. The molecule has 2 fully saturated rings. The first-order valence-electron chi connectivity index (χ1n) is 12.3. The van der Waals surface area contributed by atoms with Gasteiger partial charge in [-0.25, -0.2) is 12.8 Å². The number of anilines is 1. The third-order valence-electron chi connectivity index (χ3n) is 7.65. The van der Waals surface area contributed by atoms with Crippen LogP contribution in [0.5, 0.6) is 5.75 Å². The van der Waals surface area contributed by atoms with Crippen LogP contribution in [-0.2, 0) is 19.6 Å². The Morgan fingerprint density at radius 2 is 1.82 bits per heavy atom. The van der Waals surface area contributed by atoms with E-state index in [1.54, 1.807) is 0 Å². The summed E-state index contributed by atoms with van der Waals surface area (Å²) in [5.41, 5.74) is -3.12. The van der Waals surface area contributed by atoms with Crippen molar-refractivity contribution in [1.82, 2.24) is 14.2 Å². The molecule has 0 bridgehead atoms. The molecular formula is C25H29F5N4O5S.